The van der Waals surface area contributed by atoms with Gasteiger partial charge in [-0.3, -0.25) is 4.79 Å². The number of halogens is 3. The molecule has 8 heteroatoms. The number of nitrogens with two attached hydrogens (primary N) is 2. The van der Waals surface area contributed by atoms with E-state index in [2.05, 4.69) is 12.2 Å². The van der Waals surface area contributed by atoms with Crippen molar-refractivity contribution in [3.8, 4) is 0 Å². The van der Waals surface area contributed by atoms with Crippen molar-refractivity contribution < 1.29 is 27.9 Å². The first-order valence-corrected chi connectivity index (χ1v) is 5.18. The van der Waals surface area contributed by atoms with Crippen LogP contribution in [-0.4, -0.2) is 29.2 Å². The lowest BCUT2D eigenvalue weighted by Gasteiger charge is -2.20. The topological polar surface area (TPSA) is 106 Å². The Morgan fingerprint density at radius 1 is 1.22 bits per heavy atom. The normalized spacial score (nSPS) is 32.9. The molecule has 0 aliphatic heterocycles. The molecule has 5 nitrogen and oxygen atoms in total. The summed E-state index contributed by atoms with van der Waals surface area (Å²) >= 11 is 0. The summed E-state index contributed by atoms with van der Waals surface area (Å²) in [7, 11) is 0. The lowest BCUT2D eigenvalue weighted by Crippen LogP contribution is -2.41. The van der Waals surface area contributed by atoms with E-state index in [-0.39, 0.29) is 17.9 Å². The quantitative estimate of drug-likeness (QED) is 0.591. The number of aliphatic carboxylic acids is 1. The molecule has 1 fully saturated rings. The zero-order chi connectivity index (χ0) is 14.1. The monoisotopic (exact) mass is 266 g/mol. The molecule has 0 aromatic rings. The van der Waals surface area contributed by atoms with Crippen LogP contribution in [0.15, 0.2) is 12.2 Å². The molecule has 0 spiro atoms. The summed E-state index contributed by atoms with van der Waals surface area (Å²) in [5, 5.41) is 7.12. The first-order chi connectivity index (χ1) is 8.14. The predicted octanol–water partition coefficient (Wildman–Crippen LogP) is 0.254. The SMILES string of the molecule is NC(=O)[C@H]1[C@@H](N)[C@@H]2C=C[C@H]1C2.O=C(O)C(F)(F)F. The van der Waals surface area contributed by atoms with Crippen molar-refractivity contribution in [1.29, 1.82) is 0 Å². The Hall–Kier alpha value is -1.57. The van der Waals surface area contributed by atoms with Crippen LogP contribution in [0.5, 0.6) is 0 Å². The van der Waals surface area contributed by atoms with Crippen LogP contribution in [0.3, 0.4) is 0 Å². The van der Waals surface area contributed by atoms with Gasteiger partial charge in [0, 0.05) is 6.04 Å². The molecule has 0 unspecified atom stereocenters. The van der Waals surface area contributed by atoms with E-state index in [0.29, 0.717) is 11.8 Å². The predicted molar refractivity (Wildman–Crippen MR) is 55.1 cm³/mol. The molecule has 0 heterocycles. The third-order valence-corrected chi connectivity index (χ3v) is 3.09. The minimum Gasteiger partial charge on any atom is -0.475 e. The van der Waals surface area contributed by atoms with Crippen LogP contribution >= 0.6 is 0 Å². The Kier molecular flexibility index (Phi) is 4.00. The number of carbonyl (C=O) groups excluding carboxylic acids is 1. The first kappa shape index (κ1) is 14.5. The molecule has 2 bridgehead atoms. The van der Waals surface area contributed by atoms with Gasteiger partial charge in [-0.25, -0.2) is 4.79 Å². The molecule has 5 N–H and O–H groups in total. The highest BCUT2D eigenvalue weighted by Crippen LogP contribution is 2.42. The number of hydrogen-bond acceptors (Lipinski definition) is 3. The second-order valence-electron chi connectivity index (χ2n) is 4.26. The molecular weight excluding hydrogens is 253 g/mol. The molecule has 4 atom stereocenters. The fourth-order valence-electron chi connectivity index (χ4n) is 2.26. The summed E-state index contributed by atoms with van der Waals surface area (Å²) in [5.41, 5.74) is 11.0. The largest absolute Gasteiger partial charge is 0.490 e. The first-order valence-electron chi connectivity index (χ1n) is 5.18. The van der Waals surface area contributed by atoms with Gasteiger partial charge in [-0.15, -0.1) is 0 Å². The van der Waals surface area contributed by atoms with E-state index in [9.17, 15) is 18.0 Å². The van der Waals surface area contributed by atoms with Crippen LogP contribution in [0.1, 0.15) is 6.42 Å². The van der Waals surface area contributed by atoms with Crippen molar-refractivity contribution >= 4 is 11.9 Å². The molecule has 102 valence electrons. The van der Waals surface area contributed by atoms with Crippen LogP contribution in [0.25, 0.3) is 0 Å². The number of alkyl halides is 3. The molecule has 2 aliphatic carbocycles. The van der Waals surface area contributed by atoms with Crippen molar-refractivity contribution in [2.75, 3.05) is 0 Å². The van der Waals surface area contributed by atoms with Gasteiger partial charge in [-0.2, -0.15) is 13.2 Å². The molecule has 0 radical (unpaired) electrons. The number of carboxylic acid groups (broad SMARTS) is 1. The van der Waals surface area contributed by atoms with Gasteiger partial charge in [-0.1, -0.05) is 12.2 Å². The summed E-state index contributed by atoms with van der Waals surface area (Å²) in [4.78, 5) is 19.8. The van der Waals surface area contributed by atoms with Crippen molar-refractivity contribution in [3.05, 3.63) is 12.2 Å². The zero-order valence-corrected chi connectivity index (χ0v) is 9.22. The second kappa shape index (κ2) is 4.97. The molecular formula is C10H13F3N2O3. The van der Waals surface area contributed by atoms with Crippen LogP contribution < -0.4 is 11.5 Å². The Morgan fingerprint density at radius 3 is 1.89 bits per heavy atom. The van der Waals surface area contributed by atoms with E-state index in [1.165, 1.54) is 0 Å². The summed E-state index contributed by atoms with van der Waals surface area (Å²) in [6, 6.07) is -0.0255. The minimum atomic E-state index is -5.08. The van der Waals surface area contributed by atoms with Gasteiger partial charge in [0.15, 0.2) is 0 Å². The Labute approximate surface area is 101 Å². The maximum atomic E-state index is 10.9. The number of amides is 1. The van der Waals surface area contributed by atoms with Crippen LogP contribution in [-0.2, 0) is 9.59 Å². The smallest absolute Gasteiger partial charge is 0.475 e. The number of fused-ring (bicyclic) bond motifs is 2. The number of carbonyl (C=O) groups is 2. The van der Waals surface area contributed by atoms with Crippen molar-refractivity contribution in [2.24, 2.45) is 29.2 Å². The van der Waals surface area contributed by atoms with Gasteiger partial charge in [0.25, 0.3) is 0 Å². The molecule has 1 amide bonds. The van der Waals surface area contributed by atoms with Gasteiger partial charge in [0.2, 0.25) is 5.91 Å². The van der Waals surface area contributed by atoms with Gasteiger partial charge >= 0.3 is 12.1 Å². The van der Waals surface area contributed by atoms with E-state index in [0.717, 1.165) is 6.42 Å². The highest BCUT2D eigenvalue weighted by atomic mass is 19.4. The van der Waals surface area contributed by atoms with Crippen LogP contribution in [0.2, 0.25) is 0 Å². The van der Waals surface area contributed by atoms with E-state index < -0.39 is 12.1 Å². The van der Waals surface area contributed by atoms with E-state index >= 15 is 0 Å². The number of hydrogen-bond donors (Lipinski definition) is 3. The molecule has 2 rings (SSSR count). The van der Waals surface area contributed by atoms with Gasteiger partial charge < -0.3 is 16.6 Å². The number of carboxylic acids is 1. The Balaban J connectivity index is 0.000000203. The van der Waals surface area contributed by atoms with Crippen molar-refractivity contribution in [1.82, 2.24) is 0 Å². The molecule has 18 heavy (non-hydrogen) atoms. The van der Waals surface area contributed by atoms with Gasteiger partial charge in [0.1, 0.15) is 0 Å². The average molecular weight is 266 g/mol. The lowest BCUT2D eigenvalue weighted by atomic mass is 9.89. The third kappa shape index (κ3) is 3.00. The summed E-state index contributed by atoms with van der Waals surface area (Å²) < 4.78 is 31.7. The Morgan fingerprint density at radius 2 is 1.67 bits per heavy atom. The lowest BCUT2D eigenvalue weighted by molar-refractivity contribution is -0.192. The van der Waals surface area contributed by atoms with E-state index in [1.54, 1.807) is 0 Å². The standard InChI is InChI=1S/C8H12N2O.C2HF3O2/c9-7-5-2-1-4(3-5)6(7)8(10)11;3-2(4,5)1(6)7/h1-2,4-7H,3,9H2,(H2,10,11);(H,6,7)/t4-,5+,6+,7-;/m0./s1. The number of rotatable bonds is 1. The minimum absolute atomic E-state index is 0.0255. The van der Waals surface area contributed by atoms with E-state index in [1.807, 2.05) is 0 Å². The van der Waals surface area contributed by atoms with Gasteiger partial charge in [-0.05, 0) is 18.3 Å². The van der Waals surface area contributed by atoms with Crippen LogP contribution in [0.4, 0.5) is 13.2 Å². The fourth-order valence-corrected chi connectivity index (χ4v) is 2.26. The molecule has 0 aromatic carbocycles. The zero-order valence-electron chi connectivity index (χ0n) is 9.22. The molecule has 2 aliphatic rings. The molecule has 0 aromatic heterocycles. The number of allylic oxidation sites excluding steroid dienone is 1. The molecule has 1 saturated carbocycles. The second-order valence-corrected chi connectivity index (χ2v) is 4.26. The summed E-state index contributed by atoms with van der Waals surface area (Å²) in [5.74, 6) is -2.38. The maximum absolute atomic E-state index is 10.9. The third-order valence-electron chi connectivity index (χ3n) is 3.09. The maximum Gasteiger partial charge on any atom is 0.490 e. The van der Waals surface area contributed by atoms with Crippen LogP contribution in [0, 0.1) is 17.8 Å². The highest BCUT2D eigenvalue weighted by molar-refractivity contribution is 5.79. The van der Waals surface area contributed by atoms with E-state index in [4.69, 9.17) is 21.4 Å². The average Bonchev–Trinajstić information content (AvgIpc) is 2.76. The highest BCUT2D eigenvalue weighted by Gasteiger charge is 2.45. The Bertz CT molecular complexity index is 381. The molecule has 0 saturated heterocycles. The summed E-state index contributed by atoms with van der Waals surface area (Å²) in [6.07, 6.45) is 0.118. The summed E-state index contributed by atoms with van der Waals surface area (Å²) in [6.45, 7) is 0. The number of primary amides is 1. The van der Waals surface area contributed by atoms with Crippen molar-refractivity contribution in [2.45, 2.75) is 18.6 Å². The van der Waals surface area contributed by atoms with Crippen molar-refractivity contribution in [3.63, 3.8) is 0 Å². The fraction of sp³-hybridized carbons (Fsp3) is 0.600. The van der Waals surface area contributed by atoms with Gasteiger partial charge in [0.05, 0.1) is 5.92 Å².